The molecule has 0 radical (unpaired) electrons. The number of para-hydroxylation sites is 3. The normalized spacial score (nSPS) is 11.1. The van der Waals surface area contributed by atoms with Crippen LogP contribution in [0.3, 0.4) is 0 Å². The van der Waals surface area contributed by atoms with Gasteiger partial charge in [0, 0.05) is 35.8 Å². The number of halogens is 1. The number of aliphatic hydroxyl groups is 1. The van der Waals surface area contributed by atoms with Crippen LogP contribution in [-0.4, -0.2) is 72.4 Å². The molecular weight excluding hydrogens is 582 g/mol. The minimum Gasteiger partial charge on any atom is -0.493 e. The lowest BCUT2D eigenvalue weighted by atomic mass is 10.1. The molecule has 0 aliphatic carbocycles. The standard InChI is InChI=1S/C24H26N2O4.C6H11NO5.ClH/c1-28-21-10-4-5-11-22(21)29-14-13-25-15-17(27)16-30-23-12-6-9-20-24(23)18-7-2-3-8-19(18)26-20;8-6(9)4-2-1-3-5-12-7(10)11;/h2-12,17,25-27H,13-16H2,1H3;1-5H2,(H,8,9);1H. The molecule has 0 bridgehead atoms. The van der Waals surface area contributed by atoms with Gasteiger partial charge in [0.2, 0.25) is 0 Å². The van der Waals surface area contributed by atoms with Crippen LogP contribution >= 0.6 is 12.4 Å². The second-order valence-corrected chi connectivity index (χ2v) is 9.28. The molecular formula is C30H38ClN3O9. The van der Waals surface area contributed by atoms with E-state index < -0.39 is 17.2 Å². The summed E-state index contributed by atoms with van der Waals surface area (Å²) in [7, 11) is 1.62. The number of ether oxygens (including phenoxy) is 3. The van der Waals surface area contributed by atoms with Crippen molar-refractivity contribution in [2.24, 2.45) is 0 Å². The fourth-order valence-corrected chi connectivity index (χ4v) is 4.17. The monoisotopic (exact) mass is 619 g/mol. The molecule has 4 N–H and O–H groups in total. The zero-order chi connectivity index (χ0) is 30.2. The fourth-order valence-electron chi connectivity index (χ4n) is 4.17. The SMILES string of the molecule is COc1ccccc1OCCNCC(O)COc1cccc2[nH]c3ccccc3c12.Cl.O=C(O)CCCCCO[N+](=O)[O-]. The Hall–Kier alpha value is -4.26. The lowest BCUT2D eigenvalue weighted by Gasteiger charge is -2.15. The highest BCUT2D eigenvalue weighted by molar-refractivity contribution is 6.10. The Morgan fingerprint density at radius 2 is 1.63 bits per heavy atom. The van der Waals surface area contributed by atoms with Crippen molar-refractivity contribution < 1.29 is 39.1 Å². The largest absolute Gasteiger partial charge is 0.493 e. The van der Waals surface area contributed by atoms with E-state index in [1.807, 2.05) is 60.7 Å². The molecule has 43 heavy (non-hydrogen) atoms. The molecule has 12 nitrogen and oxygen atoms in total. The van der Waals surface area contributed by atoms with Crippen LogP contribution in [0.2, 0.25) is 0 Å². The zero-order valence-electron chi connectivity index (χ0n) is 23.9. The summed E-state index contributed by atoms with van der Waals surface area (Å²) < 4.78 is 16.9. The molecule has 0 spiro atoms. The van der Waals surface area contributed by atoms with Crippen LogP contribution < -0.4 is 19.5 Å². The lowest BCUT2D eigenvalue weighted by Crippen LogP contribution is -2.33. The second kappa shape index (κ2) is 19.0. The summed E-state index contributed by atoms with van der Waals surface area (Å²) in [4.78, 5) is 27.1. The first-order valence-corrected chi connectivity index (χ1v) is 13.6. The number of nitrogens with zero attached hydrogens (tertiary/aromatic N) is 1. The number of fused-ring (bicyclic) bond motifs is 3. The van der Waals surface area contributed by atoms with Gasteiger partial charge in [-0.3, -0.25) is 4.79 Å². The summed E-state index contributed by atoms with van der Waals surface area (Å²) in [5.74, 6) is 1.34. The average molecular weight is 620 g/mol. The number of rotatable bonds is 17. The number of methoxy groups -OCH3 is 1. The number of carbonyl (C=O) groups is 1. The molecule has 234 valence electrons. The average Bonchev–Trinajstić information content (AvgIpc) is 3.37. The Balaban J connectivity index is 0.000000424. The highest BCUT2D eigenvalue weighted by Gasteiger charge is 2.11. The van der Waals surface area contributed by atoms with Gasteiger partial charge in [0.25, 0.3) is 5.09 Å². The summed E-state index contributed by atoms with van der Waals surface area (Å²) in [6, 6.07) is 21.6. The molecule has 13 heteroatoms. The minimum absolute atomic E-state index is 0. The van der Waals surface area contributed by atoms with Gasteiger partial charge < -0.3 is 39.6 Å². The third-order valence-electron chi connectivity index (χ3n) is 6.14. The number of aromatic nitrogens is 1. The highest BCUT2D eigenvalue weighted by atomic mass is 35.5. The quantitative estimate of drug-likeness (QED) is 0.0718. The number of benzene rings is 3. The van der Waals surface area contributed by atoms with Crippen molar-refractivity contribution >= 4 is 40.2 Å². The fraction of sp³-hybridized carbons (Fsp3) is 0.367. The van der Waals surface area contributed by atoms with Crippen LogP contribution in [0.25, 0.3) is 21.8 Å². The van der Waals surface area contributed by atoms with Crippen molar-refractivity contribution in [1.82, 2.24) is 10.3 Å². The molecule has 0 saturated carbocycles. The molecule has 3 aromatic carbocycles. The van der Waals surface area contributed by atoms with E-state index in [0.717, 1.165) is 27.6 Å². The van der Waals surface area contributed by atoms with Crippen LogP contribution in [0.4, 0.5) is 0 Å². The maximum absolute atomic E-state index is 10.3. The molecule has 0 fully saturated rings. The van der Waals surface area contributed by atoms with E-state index in [9.17, 15) is 20.0 Å². The number of aromatic amines is 1. The Bertz CT molecular complexity index is 1400. The van der Waals surface area contributed by atoms with Crippen molar-refractivity contribution in [3.8, 4) is 17.2 Å². The van der Waals surface area contributed by atoms with Gasteiger partial charge in [0.15, 0.2) is 11.5 Å². The minimum atomic E-state index is -0.850. The molecule has 1 unspecified atom stereocenters. The van der Waals surface area contributed by atoms with Gasteiger partial charge in [-0.1, -0.05) is 42.8 Å². The van der Waals surface area contributed by atoms with Gasteiger partial charge in [0.05, 0.1) is 19.2 Å². The molecule has 0 aliphatic heterocycles. The van der Waals surface area contributed by atoms with E-state index in [1.54, 1.807) is 7.11 Å². The molecule has 0 amide bonds. The summed E-state index contributed by atoms with van der Waals surface area (Å²) in [6.45, 7) is 1.75. The van der Waals surface area contributed by atoms with Gasteiger partial charge in [-0.25, -0.2) is 0 Å². The van der Waals surface area contributed by atoms with Gasteiger partial charge in [-0.2, -0.15) is 0 Å². The van der Waals surface area contributed by atoms with Crippen molar-refractivity contribution in [2.45, 2.75) is 31.8 Å². The number of hydrogen-bond acceptors (Lipinski definition) is 9. The second-order valence-electron chi connectivity index (χ2n) is 9.28. The predicted molar refractivity (Wildman–Crippen MR) is 165 cm³/mol. The van der Waals surface area contributed by atoms with E-state index in [-0.39, 0.29) is 32.0 Å². The number of aliphatic hydroxyl groups excluding tert-OH is 1. The Morgan fingerprint density at radius 3 is 2.37 bits per heavy atom. The molecule has 1 aromatic heterocycles. The van der Waals surface area contributed by atoms with Crippen molar-refractivity contribution in [3.63, 3.8) is 0 Å². The number of unbranched alkanes of at least 4 members (excludes halogenated alkanes) is 2. The molecule has 1 atom stereocenters. The van der Waals surface area contributed by atoms with Gasteiger partial charge >= 0.3 is 5.97 Å². The number of H-pyrrole nitrogens is 1. The summed E-state index contributed by atoms with van der Waals surface area (Å²) >= 11 is 0. The Labute approximate surface area is 255 Å². The molecule has 0 aliphatic rings. The first-order chi connectivity index (χ1) is 20.4. The van der Waals surface area contributed by atoms with E-state index >= 15 is 0 Å². The lowest BCUT2D eigenvalue weighted by molar-refractivity contribution is -0.757. The summed E-state index contributed by atoms with van der Waals surface area (Å²) in [5, 5.41) is 32.6. The topological polar surface area (TPSA) is 165 Å². The van der Waals surface area contributed by atoms with Gasteiger partial charge in [-0.15, -0.1) is 22.5 Å². The third kappa shape index (κ3) is 11.9. The number of hydrogen-bond donors (Lipinski definition) is 4. The van der Waals surface area contributed by atoms with Crippen molar-refractivity contribution in [1.29, 1.82) is 0 Å². The van der Waals surface area contributed by atoms with E-state index in [1.165, 1.54) is 0 Å². The van der Waals surface area contributed by atoms with Gasteiger partial charge in [-0.05, 0) is 43.2 Å². The predicted octanol–water partition coefficient (Wildman–Crippen LogP) is 5.00. The van der Waals surface area contributed by atoms with Crippen LogP contribution in [-0.2, 0) is 9.63 Å². The maximum Gasteiger partial charge on any atom is 0.303 e. The Morgan fingerprint density at radius 1 is 0.930 bits per heavy atom. The zero-order valence-corrected chi connectivity index (χ0v) is 24.7. The number of carboxylic acids is 1. The smallest absolute Gasteiger partial charge is 0.303 e. The van der Waals surface area contributed by atoms with E-state index in [2.05, 4.69) is 21.2 Å². The highest BCUT2D eigenvalue weighted by Crippen LogP contribution is 2.33. The van der Waals surface area contributed by atoms with Gasteiger partial charge in [0.1, 0.15) is 25.1 Å². The van der Waals surface area contributed by atoms with E-state index in [4.69, 9.17) is 19.3 Å². The number of nitrogens with one attached hydrogen (secondary N) is 2. The maximum atomic E-state index is 10.3. The molecule has 0 saturated heterocycles. The van der Waals surface area contributed by atoms with Crippen LogP contribution in [0.15, 0.2) is 66.7 Å². The number of carboxylic acid groups (broad SMARTS) is 1. The first kappa shape index (κ1) is 34.9. The van der Waals surface area contributed by atoms with Crippen LogP contribution in [0.5, 0.6) is 17.2 Å². The third-order valence-corrected chi connectivity index (χ3v) is 6.14. The first-order valence-electron chi connectivity index (χ1n) is 13.6. The summed E-state index contributed by atoms with van der Waals surface area (Å²) in [5.41, 5.74) is 2.09. The Kier molecular flexibility index (Phi) is 15.5. The van der Waals surface area contributed by atoms with Crippen molar-refractivity contribution in [2.75, 3.05) is 40.0 Å². The summed E-state index contributed by atoms with van der Waals surface area (Å²) in [6.07, 6.45) is 1.18. The molecule has 4 rings (SSSR count). The van der Waals surface area contributed by atoms with E-state index in [0.29, 0.717) is 50.5 Å². The molecule has 4 aromatic rings. The van der Waals surface area contributed by atoms with Crippen LogP contribution in [0.1, 0.15) is 25.7 Å². The molecule has 1 heterocycles. The van der Waals surface area contributed by atoms with Crippen LogP contribution in [0, 0.1) is 10.1 Å². The van der Waals surface area contributed by atoms with Crippen molar-refractivity contribution in [3.05, 3.63) is 76.8 Å². The number of aliphatic carboxylic acids is 1.